The van der Waals surface area contributed by atoms with E-state index in [1.165, 1.54) is 0 Å². The van der Waals surface area contributed by atoms with Crippen LogP contribution in [-0.2, 0) is 0 Å². The topological polar surface area (TPSA) is 0 Å². The molecule has 0 spiro atoms. The molecule has 0 aliphatic heterocycles. The van der Waals surface area contributed by atoms with Crippen molar-refractivity contribution >= 4 is 68.4 Å². The largest absolute Gasteiger partial charge is 0.177 e. The number of hydrogen-bond acceptors (Lipinski definition) is 0. The second-order valence-electron chi connectivity index (χ2n) is 0.749. The molecule has 0 bridgehead atoms. The number of rotatable bonds is 1. The molecule has 0 unspecified atom stereocenters. The van der Waals surface area contributed by atoms with Gasteiger partial charge < -0.3 is 0 Å². The maximum atomic E-state index is 5.46. The van der Waals surface area contributed by atoms with Gasteiger partial charge in [-0.25, -0.2) is 0 Å². The van der Waals surface area contributed by atoms with Crippen molar-refractivity contribution in [1.29, 1.82) is 0 Å². The molecule has 0 rings (SSSR count). The molecule has 0 aliphatic rings. The van der Waals surface area contributed by atoms with Crippen molar-refractivity contribution in [2.75, 3.05) is 4.43 Å². The van der Waals surface area contributed by atoms with Crippen LogP contribution in [-0.4, -0.2) is 6.77 Å². The van der Waals surface area contributed by atoms with Crippen LogP contribution in [0.4, 0.5) is 0 Å². The zero-order valence-corrected chi connectivity index (χ0v) is 8.55. The van der Waals surface area contributed by atoms with Gasteiger partial charge in [0.15, 0.2) is 2.34 Å². The fourth-order valence-electron chi connectivity index (χ4n) is 0. The van der Waals surface area contributed by atoms with Gasteiger partial charge in [0.1, 0.15) is 0 Å². The summed E-state index contributed by atoms with van der Waals surface area (Å²) in [5, 5.41) is 0. The molecule has 0 saturated carbocycles. The molecule has 0 atom stereocenters. The third-order valence-electron chi connectivity index (χ3n) is 0.152. The standard InChI is InChI=1S/C2H2Cl2I2/c3-2(4,6)1-5/h1H2. The SMILES string of the molecule is ClC(Cl)(I)CI. The van der Waals surface area contributed by atoms with Crippen molar-refractivity contribution in [2.45, 2.75) is 2.34 Å². The molecule has 0 aromatic carbocycles. The quantitative estimate of drug-likeness (QED) is 0.504. The average Bonchev–Trinajstić information content (AvgIpc) is 1.35. The summed E-state index contributed by atoms with van der Waals surface area (Å²) in [5.74, 6) is 0. The van der Waals surface area contributed by atoms with Crippen molar-refractivity contribution in [3.8, 4) is 0 Å². The van der Waals surface area contributed by atoms with E-state index in [9.17, 15) is 0 Å². The van der Waals surface area contributed by atoms with Crippen LogP contribution in [0.15, 0.2) is 0 Å². The van der Waals surface area contributed by atoms with Crippen LogP contribution in [0.3, 0.4) is 0 Å². The van der Waals surface area contributed by atoms with Gasteiger partial charge in [0, 0.05) is 4.43 Å². The molecular weight excluding hydrogens is 349 g/mol. The van der Waals surface area contributed by atoms with E-state index >= 15 is 0 Å². The van der Waals surface area contributed by atoms with E-state index in [1.807, 2.05) is 22.6 Å². The predicted molar refractivity (Wildman–Crippen MR) is 47.3 cm³/mol. The Hall–Kier alpha value is 2.04. The first-order valence-corrected chi connectivity index (χ1v) is 4.55. The summed E-state index contributed by atoms with van der Waals surface area (Å²) in [5.41, 5.74) is 0. The van der Waals surface area contributed by atoms with E-state index in [0.29, 0.717) is 0 Å². The first kappa shape index (κ1) is 8.04. The second-order valence-corrected chi connectivity index (χ2v) is 6.11. The van der Waals surface area contributed by atoms with Crippen LogP contribution in [0.2, 0.25) is 0 Å². The van der Waals surface area contributed by atoms with E-state index < -0.39 is 2.34 Å². The van der Waals surface area contributed by atoms with Gasteiger partial charge in [0.2, 0.25) is 0 Å². The monoisotopic (exact) mass is 350 g/mol. The molecule has 0 aromatic rings. The normalized spacial score (nSPS) is 12.0. The number of halogens is 4. The lowest BCUT2D eigenvalue weighted by molar-refractivity contribution is 1.41. The Morgan fingerprint density at radius 2 is 1.67 bits per heavy atom. The van der Waals surface area contributed by atoms with Gasteiger partial charge in [-0.15, -0.1) is 0 Å². The summed E-state index contributed by atoms with van der Waals surface area (Å²) >= 11 is 15.0. The summed E-state index contributed by atoms with van der Waals surface area (Å²) in [7, 11) is 0. The zero-order chi connectivity index (χ0) is 5.21. The molecule has 6 heavy (non-hydrogen) atoms. The fourth-order valence-corrected chi connectivity index (χ4v) is 0. The van der Waals surface area contributed by atoms with Gasteiger partial charge in [-0.05, 0) is 22.6 Å². The fraction of sp³-hybridized carbons (Fsp3) is 1.00. The summed E-state index contributed by atoms with van der Waals surface area (Å²) in [6.45, 7) is 0. The van der Waals surface area contributed by atoms with Gasteiger partial charge in [0.05, 0.1) is 0 Å². The Balaban J connectivity index is 3.17. The third-order valence-corrected chi connectivity index (χ3v) is 4.31. The lowest BCUT2D eigenvalue weighted by Crippen LogP contribution is -1.99. The maximum Gasteiger partial charge on any atom is 0.177 e. The minimum atomic E-state index is -0.557. The maximum absolute atomic E-state index is 5.46. The van der Waals surface area contributed by atoms with E-state index in [1.54, 1.807) is 0 Å². The molecule has 0 N–H and O–H groups in total. The molecule has 4 heteroatoms. The van der Waals surface area contributed by atoms with E-state index in [-0.39, 0.29) is 0 Å². The first-order chi connectivity index (χ1) is 2.56. The Labute approximate surface area is 74.2 Å². The van der Waals surface area contributed by atoms with Crippen LogP contribution < -0.4 is 0 Å². The van der Waals surface area contributed by atoms with E-state index in [2.05, 4.69) is 22.6 Å². The van der Waals surface area contributed by atoms with Gasteiger partial charge in [-0.3, -0.25) is 0 Å². The van der Waals surface area contributed by atoms with Crippen molar-refractivity contribution in [3.05, 3.63) is 0 Å². The molecule has 0 radical (unpaired) electrons. The molecular formula is C2H2Cl2I2. The summed E-state index contributed by atoms with van der Waals surface area (Å²) in [6.07, 6.45) is 0. The highest BCUT2D eigenvalue weighted by molar-refractivity contribution is 14.1. The predicted octanol–water partition coefficient (Wildman–Crippen LogP) is 2.99. The highest BCUT2D eigenvalue weighted by Crippen LogP contribution is 2.30. The molecule has 0 amide bonds. The summed E-state index contributed by atoms with van der Waals surface area (Å²) in [6, 6.07) is 0. The molecule has 0 nitrogen and oxygen atoms in total. The second kappa shape index (κ2) is 3.14. The zero-order valence-electron chi connectivity index (χ0n) is 2.72. The molecule has 0 fully saturated rings. The van der Waals surface area contributed by atoms with Crippen LogP contribution in [0, 0.1) is 0 Å². The average molecular weight is 351 g/mol. The van der Waals surface area contributed by atoms with E-state index in [0.717, 1.165) is 4.43 Å². The van der Waals surface area contributed by atoms with Crippen LogP contribution in [0.5, 0.6) is 0 Å². The van der Waals surface area contributed by atoms with Crippen LogP contribution >= 0.6 is 68.4 Å². The van der Waals surface area contributed by atoms with Crippen LogP contribution in [0.1, 0.15) is 0 Å². The van der Waals surface area contributed by atoms with Gasteiger partial charge in [0.25, 0.3) is 0 Å². The molecule has 0 aromatic heterocycles. The summed E-state index contributed by atoms with van der Waals surface area (Å²) in [4.78, 5) is 0. The van der Waals surface area contributed by atoms with Gasteiger partial charge in [-0.1, -0.05) is 45.8 Å². The van der Waals surface area contributed by atoms with Crippen molar-refractivity contribution < 1.29 is 0 Å². The van der Waals surface area contributed by atoms with Crippen molar-refractivity contribution in [2.24, 2.45) is 0 Å². The Bertz CT molecular complexity index is 39.3. The minimum Gasteiger partial charge on any atom is -0.0890 e. The highest BCUT2D eigenvalue weighted by atomic mass is 127. The van der Waals surface area contributed by atoms with Gasteiger partial charge in [-0.2, -0.15) is 0 Å². The van der Waals surface area contributed by atoms with Crippen LogP contribution in [0.25, 0.3) is 0 Å². The number of alkyl halides is 4. The minimum absolute atomic E-state index is 0.557. The Morgan fingerprint density at radius 1 is 1.50 bits per heavy atom. The first-order valence-electron chi connectivity index (χ1n) is 1.19. The lowest BCUT2D eigenvalue weighted by atomic mass is 11.0. The summed E-state index contributed by atoms with van der Waals surface area (Å²) < 4.78 is 0.201. The van der Waals surface area contributed by atoms with Crippen molar-refractivity contribution in [1.82, 2.24) is 0 Å². The highest BCUT2D eigenvalue weighted by Gasteiger charge is 2.14. The van der Waals surface area contributed by atoms with Crippen molar-refractivity contribution in [3.63, 3.8) is 0 Å². The molecule has 0 heterocycles. The number of hydrogen-bond donors (Lipinski definition) is 0. The van der Waals surface area contributed by atoms with Gasteiger partial charge >= 0.3 is 0 Å². The van der Waals surface area contributed by atoms with E-state index in [4.69, 9.17) is 23.2 Å². The Morgan fingerprint density at radius 3 is 1.67 bits per heavy atom. The molecule has 0 aliphatic carbocycles. The molecule has 38 valence electrons. The Kier molecular flexibility index (Phi) is 4.21. The smallest absolute Gasteiger partial charge is 0.0890 e. The lowest BCUT2D eigenvalue weighted by Gasteiger charge is -2.01. The third kappa shape index (κ3) is 6.04. The molecule has 0 saturated heterocycles.